The Morgan fingerprint density at radius 1 is 1.26 bits per heavy atom. The first-order valence-electron chi connectivity index (χ1n) is 8.17. The lowest BCUT2D eigenvalue weighted by Gasteiger charge is -2.15. The largest absolute Gasteiger partial charge is 0.325 e. The van der Waals surface area contributed by atoms with Crippen LogP contribution >= 0.6 is 11.8 Å². The van der Waals surface area contributed by atoms with Crippen molar-refractivity contribution in [1.29, 1.82) is 0 Å². The van der Waals surface area contributed by atoms with Gasteiger partial charge in [-0.05, 0) is 36.8 Å². The van der Waals surface area contributed by atoms with Crippen molar-refractivity contribution in [2.75, 3.05) is 25.2 Å². The minimum Gasteiger partial charge on any atom is -0.325 e. The number of fused-ring (bicyclic) bond motifs is 1. The van der Waals surface area contributed by atoms with Crippen molar-refractivity contribution in [3.63, 3.8) is 0 Å². The molecule has 0 aliphatic heterocycles. The lowest BCUT2D eigenvalue weighted by Crippen LogP contribution is -2.23. The molecule has 0 bridgehead atoms. The number of hydrogen-bond donors (Lipinski definition) is 1. The predicted octanol–water partition coefficient (Wildman–Crippen LogP) is 2.62. The molecule has 0 fully saturated rings. The number of thioether (sulfide) groups is 1. The van der Waals surface area contributed by atoms with Gasteiger partial charge < -0.3 is 5.32 Å². The second-order valence-corrected chi connectivity index (χ2v) is 9.20. The molecule has 2 aromatic heterocycles. The molecule has 0 saturated heterocycles. The third kappa shape index (κ3) is 4.15. The number of rotatable bonds is 6. The van der Waals surface area contributed by atoms with Gasteiger partial charge in [0, 0.05) is 26.0 Å². The number of benzene rings is 1. The molecule has 0 atom stereocenters. The van der Waals surface area contributed by atoms with Crippen LogP contribution in [0.2, 0.25) is 0 Å². The third-order valence-electron chi connectivity index (χ3n) is 3.97. The lowest BCUT2D eigenvalue weighted by atomic mass is 10.2. The number of amides is 1. The molecule has 0 aliphatic carbocycles. The normalized spacial score (nSPS) is 11.9. The van der Waals surface area contributed by atoms with Gasteiger partial charge in [0.25, 0.3) is 0 Å². The summed E-state index contributed by atoms with van der Waals surface area (Å²) < 4.78 is 27.9. The standard InChI is InChI=1S/C18H20N4O3S2/c1-13-7-8-14(10-16(13)27(24,25)21(2)3)20-17(23)12-26-18-19-11-15-6-4-5-9-22(15)18/h4-11H,12H2,1-3H3,(H,20,23). The van der Waals surface area contributed by atoms with Crippen molar-refractivity contribution in [1.82, 2.24) is 13.7 Å². The Morgan fingerprint density at radius 3 is 2.78 bits per heavy atom. The zero-order valence-corrected chi connectivity index (χ0v) is 16.8. The molecule has 0 aliphatic rings. The molecule has 0 spiro atoms. The molecule has 2 heterocycles. The fourth-order valence-electron chi connectivity index (χ4n) is 2.51. The molecule has 0 radical (unpaired) electrons. The molecule has 0 saturated carbocycles. The van der Waals surface area contributed by atoms with Crippen LogP contribution in [0.1, 0.15) is 5.56 Å². The van der Waals surface area contributed by atoms with Gasteiger partial charge in [-0.15, -0.1) is 0 Å². The first-order valence-corrected chi connectivity index (χ1v) is 10.6. The summed E-state index contributed by atoms with van der Waals surface area (Å²) in [5, 5.41) is 3.47. The molecule has 0 unspecified atom stereocenters. The van der Waals surface area contributed by atoms with E-state index < -0.39 is 10.0 Å². The Bertz CT molecular complexity index is 1090. The number of sulfonamides is 1. The van der Waals surface area contributed by atoms with E-state index in [9.17, 15) is 13.2 Å². The summed E-state index contributed by atoms with van der Waals surface area (Å²) in [6.07, 6.45) is 3.64. The number of hydrogen-bond acceptors (Lipinski definition) is 5. The average molecular weight is 405 g/mol. The predicted molar refractivity (Wildman–Crippen MR) is 107 cm³/mol. The van der Waals surface area contributed by atoms with Gasteiger partial charge in [0.05, 0.1) is 22.4 Å². The van der Waals surface area contributed by atoms with Crippen LogP contribution in [0, 0.1) is 6.92 Å². The summed E-state index contributed by atoms with van der Waals surface area (Å²) in [5.41, 5.74) is 2.03. The second kappa shape index (κ2) is 7.71. The van der Waals surface area contributed by atoms with Crippen LogP contribution in [0.4, 0.5) is 5.69 Å². The number of aryl methyl sites for hydroxylation is 1. The summed E-state index contributed by atoms with van der Waals surface area (Å²) in [7, 11) is -0.619. The van der Waals surface area contributed by atoms with Gasteiger partial charge in [-0.1, -0.05) is 23.9 Å². The van der Waals surface area contributed by atoms with Gasteiger partial charge in [-0.2, -0.15) is 0 Å². The topological polar surface area (TPSA) is 83.8 Å². The zero-order chi connectivity index (χ0) is 19.6. The Morgan fingerprint density at radius 2 is 2.04 bits per heavy atom. The Balaban J connectivity index is 1.71. The third-order valence-corrected chi connectivity index (χ3v) is 6.89. The lowest BCUT2D eigenvalue weighted by molar-refractivity contribution is -0.113. The summed E-state index contributed by atoms with van der Waals surface area (Å²) in [5.74, 6) is -0.0674. The molecular weight excluding hydrogens is 384 g/mol. The van der Waals surface area contributed by atoms with E-state index in [1.807, 2.05) is 28.8 Å². The Hall–Kier alpha value is -2.36. The molecule has 1 amide bonds. The quantitative estimate of drug-likeness (QED) is 0.639. The summed E-state index contributed by atoms with van der Waals surface area (Å²) in [6.45, 7) is 1.72. The Labute approximate surface area is 162 Å². The van der Waals surface area contributed by atoms with E-state index in [1.165, 1.54) is 31.9 Å². The van der Waals surface area contributed by atoms with E-state index in [4.69, 9.17) is 0 Å². The van der Waals surface area contributed by atoms with Crippen LogP contribution in [0.3, 0.4) is 0 Å². The minimum absolute atomic E-state index is 0.164. The van der Waals surface area contributed by atoms with Crippen molar-refractivity contribution in [3.8, 4) is 0 Å². The zero-order valence-electron chi connectivity index (χ0n) is 15.2. The molecule has 3 rings (SSSR count). The maximum atomic E-state index is 12.4. The van der Waals surface area contributed by atoms with E-state index >= 15 is 0 Å². The first-order chi connectivity index (χ1) is 12.8. The van der Waals surface area contributed by atoms with Gasteiger partial charge in [0.1, 0.15) is 0 Å². The van der Waals surface area contributed by atoms with E-state index in [1.54, 1.807) is 25.3 Å². The molecule has 3 aromatic rings. The number of aromatic nitrogens is 2. The van der Waals surface area contributed by atoms with Gasteiger partial charge >= 0.3 is 0 Å². The van der Waals surface area contributed by atoms with Crippen LogP contribution in [0.15, 0.2) is 58.8 Å². The summed E-state index contributed by atoms with van der Waals surface area (Å²) in [4.78, 5) is 16.8. The highest BCUT2D eigenvalue weighted by Gasteiger charge is 2.20. The van der Waals surface area contributed by atoms with Crippen molar-refractivity contribution >= 4 is 38.9 Å². The number of imidazole rings is 1. The SMILES string of the molecule is Cc1ccc(NC(=O)CSc2ncc3ccccn23)cc1S(=O)(=O)N(C)C. The van der Waals surface area contributed by atoms with Gasteiger partial charge in [0.15, 0.2) is 5.16 Å². The maximum Gasteiger partial charge on any atom is 0.242 e. The number of anilines is 1. The molecule has 1 aromatic carbocycles. The highest BCUT2D eigenvalue weighted by molar-refractivity contribution is 7.99. The van der Waals surface area contributed by atoms with Crippen LogP contribution in [0.5, 0.6) is 0 Å². The first kappa shape index (κ1) is 19.4. The number of nitrogens with zero attached hydrogens (tertiary/aromatic N) is 3. The van der Waals surface area contributed by atoms with Gasteiger partial charge in [0.2, 0.25) is 15.9 Å². The molecule has 7 nitrogen and oxygen atoms in total. The Kier molecular flexibility index (Phi) is 5.54. The van der Waals surface area contributed by atoms with Crippen LogP contribution in [-0.2, 0) is 14.8 Å². The van der Waals surface area contributed by atoms with Gasteiger partial charge in [-0.3, -0.25) is 9.20 Å². The van der Waals surface area contributed by atoms with E-state index in [-0.39, 0.29) is 16.6 Å². The molecule has 9 heteroatoms. The van der Waals surface area contributed by atoms with Crippen molar-refractivity contribution in [2.24, 2.45) is 0 Å². The molecule has 27 heavy (non-hydrogen) atoms. The van der Waals surface area contributed by atoms with E-state index in [2.05, 4.69) is 10.3 Å². The van der Waals surface area contributed by atoms with Crippen LogP contribution in [0.25, 0.3) is 5.52 Å². The number of nitrogens with one attached hydrogen (secondary N) is 1. The highest BCUT2D eigenvalue weighted by atomic mass is 32.2. The van der Waals surface area contributed by atoms with Crippen molar-refractivity contribution in [2.45, 2.75) is 17.0 Å². The number of carbonyl (C=O) groups is 1. The maximum absolute atomic E-state index is 12.4. The highest BCUT2D eigenvalue weighted by Crippen LogP contribution is 2.23. The molecule has 142 valence electrons. The summed E-state index contributed by atoms with van der Waals surface area (Å²) in [6, 6.07) is 10.6. The fraction of sp³-hybridized carbons (Fsp3) is 0.222. The molecule has 1 N–H and O–H groups in total. The fourth-order valence-corrected chi connectivity index (χ4v) is 4.41. The van der Waals surface area contributed by atoms with Crippen molar-refractivity contribution in [3.05, 3.63) is 54.4 Å². The van der Waals surface area contributed by atoms with E-state index in [0.717, 1.165) is 15.0 Å². The number of pyridine rings is 1. The van der Waals surface area contributed by atoms with Crippen LogP contribution < -0.4 is 5.32 Å². The average Bonchev–Trinajstić information content (AvgIpc) is 3.04. The second-order valence-electron chi connectivity index (χ2n) is 6.14. The monoisotopic (exact) mass is 404 g/mol. The van der Waals surface area contributed by atoms with Gasteiger partial charge in [-0.25, -0.2) is 17.7 Å². The van der Waals surface area contributed by atoms with Crippen molar-refractivity contribution < 1.29 is 13.2 Å². The summed E-state index contributed by atoms with van der Waals surface area (Å²) >= 11 is 1.32. The minimum atomic E-state index is -3.57. The smallest absolute Gasteiger partial charge is 0.242 e. The van der Waals surface area contributed by atoms with Crippen LogP contribution in [-0.4, -0.2) is 47.9 Å². The number of carbonyl (C=O) groups excluding carboxylic acids is 1. The molecular formula is C18H20N4O3S2. The van der Waals surface area contributed by atoms with E-state index in [0.29, 0.717) is 11.3 Å².